The maximum Gasteiger partial charge on any atom is 0.273 e. The van der Waals surface area contributed by atoms with E-state index in [1.165, 1.54) is 23.9 Å². The summed E-state index contributed by atoms with van der Waals surface area (Å²) in [5.74, 6) is 0.487. The predicted molar refractivity (Wildman–Crippen MR) is 78.5 cm³/mol. The van der Waals surface area contributed by atoms with Gasteiger partial charge >= 0.3 is 0 Å². The number of anilines is 1. The third kappa shape index (κ3) is 3.62. The van der Waals surface area contributed by atoms with Gasteiger partial charge in [-0.3, -0.25) is 10.1 Å². The summed E-state index contributed by atoms with van der Waals surface area (Å²) in [6, 6.07) is 12.0. The van der Waals surface area contributed by atoms with Crippen LogP contribution < -0.4 is 5.73 Å². The standard InChI is InChI=1S/C13H11ClN2O2S/c14-10-1-6-13(16(17)18)9(7-10)8-19-12-4-2-11(15)3-5-12/h1-7H,8,15H2. The maximum atomic E-state index is 10.9. The molecule has 2 aromatic carbocycles. The van der Waals surface area contributed by atoms with Crippen LogP contribution in [-0.2, 0) is 5.75 Å². The van der Waals surface area contributed by atoms with Crippen LogP contribution in [0.3, 0.4) is 0 Å². The van der Waals surface area contributed by atoms with Crippen LogP contribution in [0.1, 0.15) is 5.56 Å². The van der Waals surface area contributed by atoms with Crippen molar-refractivity contribution in [2.75, 3.05) is 5.73 Å². The van der Waals surface area contributed by atoms with Crippen molar-refractivity contribution in [3.05, 3.63) is 63.2 Å². The molecule has 0 saturated carbocycles. The maximum absolute atomic E-state index is 10.9. The molecule has 0 saturated heterocycles. The van der Waals surface area contributed by atoms with E-state index in [-0.39, 0.29) is 5.69 Å². The zero-order valence-corrected chi connectivity index (χ0v) is 11.4. The average Bonchev–Trinajstić information content (AvgIpc) is 2.38. The summed E-state index contributed by atoms with van der Waals surface area (Å²) < 4.78 is 0. The van der Waals surface area contributed by atoms with Gasteiger partial charge in [0.05, 0.1) is 4.92 Å². The molecule has 2 aromatic rings. The van der Waals surface area contributed by atoms with Gasteiger partial charge in [0.1, 0.15) is 0 Å². The number of nitro groups is 1. The first kappa shape index (κ1) is 13.7. The smallest absolute Gasteiger partial charge is 0.273 e. The van der Waals surface area contributed by atoms with Gasteiger partial charge in [0.2, 0.25) is 0 Å². The highest BCUT2D eigenvalue weighted by Crippen LogP contribution is 2.30. The average molecular weight is 295 g/mol. The number of rotatable bonds is 4. The topological polar surface area (TPSA) is 69.2 Å². The number of nitro benzene ring substituents is 1. The molecule has 98 valence electrons. The lowest BCUT2D eigenvalue weighted by atomic mass is 10.2. The monoisotopic (exact) mass is 294 g/mol. The molecule has 2 N–H and O–H groups in total. The highest BCUT2D eigenvalue weighted by Gasteiger charge is 2.13. The Bertz CT molecular complexity index is 602. The lowest BCUT2D eigenvalue weighted by molar-refractivity contribution is -0.385. The van der Waals surface area contributed by atoms with Gasteiger partial charge in [-0.25, -0.2) is 0 Å². The Morgan fingerprint density at radius 2 is 1.89 bits per heavy atom. The van der Waals surface area contributed by atoms with Crippen molar-refractivity contribution >= 4 is 34.7 Å². The summed E-state index contributed by atoms with van der Waals surface area (Å²) in [7, 11) is 0. The summed E-state index contributed by atoms with van der Waals surface area (Å²) in [5, 5.41) is 11.4. The van der Waals surface area contributed by atoms with E-state index in [4.69, 9.17) is 17.3 Å². The van der Waals surface area contributed by atoms with Gasteiger partial charge in [-0.05, 0) is 36.4 Å². The van der Waals surface area contributed by atoms with Crippen LogP contribution in [0.2, 0.25) is 5.02 Å². The molecule has 0 unspecified atom stereocenters. The number of thioether (sulfide) groups is 1. The number of benzene rings is 2. The van der Waals surface area contributed by atoms with Crippen molar-refractivity contribution in [2.45, 2.75) is 10.6 Å². The fourth-order valence-corrected chi connectivity index (χ4v) is 2.65. The molecular formula is C13H11ClN2O2S. The van der Waals surface area contributed by atoms with Crippen molar-refractivity contribution in [3.63, 3.8) is 0 Å². The number of hydrogen-bond acceptors (Lipinski definition) is 4. The highest BCUT2D eigenvalue weighted by atomic mass is 35.5. The van der Waals surface area contributed by atoms with E-state index in [1.54, 1.807) is 18.2 Å². The molecule has 2 rings (SSSR count). The fraction of sp³-hybridized carbons (Fsp3) is 0.0769. The summed E-state index contributed by atoms with van der Waals surface area (Å²) in [4.78, 5) is 11.5. The van der Waals surface area contributed by atoms with Crippen LogP contribution in [0, 0.1) is 10.1 Å². The molecule has 0 aromatic heterocycles. The van der Waals surface area contributed by atoms with E-state index >= 15 is 0 Å². The van der Waals surface area contributed by atoms with E-state index in [2.05, 4.69) is 0 Å². The van der Waals surface area contributed by atoms with Crippen LogP contribution in [0.15, 0.2) is 47.4 Å². The predicted octanol–water partition coefficient (Wildman–Crippen LogP) is 4.12. The molecule has 6 heteroatoms. The second-order valence-corrected chi connectivity index (χ2v) is 5.37. The minimum absolute atomic E-state index is 0.0901. The Hall–Kier alpha value is -1.72. The number of nitrogen functional groups attached to an aromatic ring is 1. The first-order chi connectivity index (χ1) is 9.06. The Balaban J connectivity index is 2.16. The second-order valence-electron chi connectivity index (χ2n) is 3.89. The SMILES string of the molecule is Nc1ccc(SCc2cc(Cl)ccc2[N+](=O)[O-])cc1. The highest BCUT2D eigenvalue weighted by molar-refractivity contribution is 7.98. The Morgan fingerprint density at radius 3 is 2.53 bits per heavy atom. The third-order valence-electron chi connectivity index (χ3n) is 2.51. The molecule has 0 aliphatic carbocycles. The molecule has 0 radical (unpaired) electrons. The van der Waals surface area contributed by atoms with Crippen LogP contribution >= 0.6 is 23.4 Å². The molecule has 0 heterocycles. The zero-order chi connectivity index (χ0) is 13.8. The van der Waals surface area contributed by atoms with Crippen LogP contribution in [0.25, 0.3) is 0 Å². The van der Waals surface area contributed by atoms with Gasteiger partial charge in [0.15, 0.2) is 0 Å². The van der Waals surface area contributed by atoms with E-state index in [0.717, 1.165) is 4.90 Å². The molecule has 0 amide bonds. The Morgan fingerprint density at radius 1 is 1.21 bits per heavy atom. The molecule has 4 nitrogen and oxygen atoms in total. The molecule has 0 bridgehead atoms. The van der Waals surface area contributed by atoms with Gasteiger partial charge in [-0.2, -0.15) is 0 Å². The lowest BCUT2D eigenvalue weighted by Crippen LogP contribution is -1.94. The van der Waals surface area contributed by atoms with Gasteiger partial charge in [-0.1, -0.05) is 11.6 Å². The normalized spacial score (nSPS) is 10.4. The Kier molecular flexibility index (Phi) is 4.29. The summed E-state index contributed by atoms with van der Waals surface area (Å²) in [6.45, 7) is 0. The quantitative estimate of drug-likeness (QED) is 0.398. The molecule has 0 spiro atoms. The van der Waals surface area contributed by atoms with Crippen molar-refractivity contribution in [2.24, 2.45) is 0 Å². The van der Waals surface area contributed by atoms with E-state index in [9.17, 15) is 10.1 Å². The Labute approximate surface area is 119 Å². The molecule has 0 fully saturated rings. The van der Waals surface area contributed by atoms with Gasteiger partial charge in [0, 0.05) is 33.0 Å². The molecule has 0 aliphatic rings. The third-order valence-corrected chi connectivity index (χ3v) is 3.81. The molecule has 0 atom stereocenters. The van der Waals surface area contributed by atoms with E-state index in [1.807, 2.05) is 12.1 Å². The number of nitrogens with zero attached hydrogens (tertiary/aromatic N) is 1. The summed E-state index contributed by atoms with van der Waals surface area (Å²) in [5.41, 5.74) is 6.99. The van der Waals surface area contributed by atoms with E-state index < -0.39 is 4.92 Å². The zero-order valence-electron chi connectivity index (χ0n) is 9.88. The van der Waals surface area contributed by atoms with Crippen molar-refractivity contribution in [1.82, 2.24) is 0 Å². The second kappa shape index (κ2) is 5.95. The molecular weight excluding hydrogens is 284 g/mol. The lowest BCUT2D eigenvalue weighted by Gasteiger charge is -2.04. The minimum Gasteiger partial charge on any atom is -0.399 e. The summed E-state index contributed by atoms with van der Waals surface area (Å²) >= 11 is 7.38. The number of halogens is 1. The van der Waals surface area contributed by atoms with Crippen LogP contribution in [0.4, 0.5) is 11.4 Å². The van der Waals surface area contributed by atoms with Crippen LogP contribution in [0.5, 0.6) is 0 Å². The van der Waals surface area contributed by atoms with Crippen molar-refractivity contribution in [3.8, 4) is 0 Å². The fourth-order valence-electron chi connectivity index (χ4n) is 1.57. The number of hydrogen-bond donors (Lipinski definition) is 1. The minimum atomic E-state index is -0.394. The van der Waals surface area contributed by atoms with E-state index in [0.29, 0.717) is 22.0 Å². The van der Waals surface area contributed by atoms with Crippen molar-refractivity contribution < 1.29 is 4.92 Å². The van der Waals surface area contributed by atoms with Crippen LogP contribution in [-0.4, -0.2) is 4.92 Å². The van der Waals surface area contributed by atoms with Gasteiger partial charge in [-0.15, -0.1) is 11.8 Å². The largest absolute Gasteiger partial charge is 0.399 e. The summed E-state index contributed by atoms with van der Waals surface area (Å²) in [6.07, 6.45) is 0. The van der Waals surface area contributed by atoms with Crippen molar-refractivity contribution in [1.29, 1.82) is 0 Å². The van der Waals surface area contributed by atoms with Gasteiger partial charge in [0.25, 0.3) is 5.69 Å². The molecule has 0 aliphatic heterocycles. The first-order valence-electron chi connectivity index (χ1n) is 5.47. The number of nitrogens with two attached hydrogens (primary N) is 1. The first-order valence-corrected chi connectivity index (χ1v) is 6.84. The molecule has 19 heavy (non-hydrogen) atoms. The van der Waals surface area contributed by atoms with Gasteiger partial charge < -0.3 is 5.73 Å².